The van der Waals surface area contributed by atoms with Crippen LogP contribution in [0.2, 0.25) is 0 Å². The van der Waals surface area contributed by atoms with E-state index in [4.69, 9.17) is 9.47 Å². The second-order valence-electron chi connectivity index (χ2n) is 11.3. The van der Waals surface area contributed by atoms with Gasteiger partial charge in [-0.2, -0.15) is 15.3 Å². The molecule has 1 aliphatic rings. The van der Waals surface area contributed by atoms with Crippen LogP contribution < -0.4 is 10.1 Å². The maximum atomic E-state index is 14.9. The number of hydrogen-bond donors (Lipinski definition) is 1. The van der Waals surface area contributed by atoms with Crippen molar-refractivity contribution in [1.82, 2.24) is 29.6 Å². The van der Waals surface area contributed by atoms with E-state index in [0.717, 1.165) is 5.69 Å². The Morgan fingerprint density at radius 1 is 1.21 bits per heavy atom. The summed E-state index contributed by atoms with van der Waals surface area (Å²) < 4.78 is 28.0. The highest BCUT2D eigenvalue weighted by atomic mass is 19.1. The highest BCUT2D eigenvalue weighted by Gasteiger charge is 2.35. The number of benzene rings is 1. The number of hydrogen-bond acceptors (Lipinski definition) is 9. The van der Waals surface area contributed by atoms with E-state index in [1.807, 2.05) is 31.6 Å². The predicted octanol–water partition coefficient (Wildman–Crippen LogP) is 4.83. The molecule has 3 heterocycles. The van der Waals surface area contributed by atoms with Crippen LogP contribution >= 0.6 is 0 Å². The molecule has 1 fully saturated rings. The molecule has 1 aliphatic heterocycles. The Hall–Kier alpha value is -4.27. The SMILES string of the molecule is CC(C)(C)OC(=O)N1CC[C@H](Oc2ccc(-c3ncnc(Nc4cnn(C(C)(C)C)c4)n3)cc2C#N)[C@@H](F)C1. The van der Waals surface area contributed by atoms with Crippen LogP contribution in [0.4, 0.5) is 20.8 Å². The van der Waals surface area contributed by atoms with Gasteiger partial charge in [0.15, 0.2) is 12.0 Å². The van der Waals surface area contributed by atoms with Gasteiger partial charge in [0.2, 0.25) is 5.95 Å². The van der Waals surface area contributed by atoms with Crippen molar-refractivity contribution in [2.45, 2.75) is 71.4 Å². The van der Waals surface area contributed by atoms with Crippen molar-refractivity contribution >= 4 is 17.7 Å². The molecule has 2 aromatic heterocycles. The Balaban J connectivity index is 1.44. The monoisotopic (exact) mass is 536 g/mol. The number of likely N-dealkylation sites (tertiary alicyclic amines) is 1. The van der Waals surface area contributed by atoms with Crippen LogP contribution in [0.25, 0.3) is 11.4 Å². The van der Waals surface area contributed by atoms with Gasteiger partial charge < -0.3 is 19.7 Å². The summed E-state index contributed by atoms with van der Waals surface area (Å²) in [5, 5.41) is 17.2. The zero-order valence-electron chi connectivity index (χ0n) is 23.0. The Labute approximate surface area is 227 Å². The van der Waals surface area contributed by atoms with Crippen molar-refractivity contribution in [1.29, 1.82) is 5.26 Å². The summed E-state index contributed by atoms with van der Waals surface area (Å²) in [5.41, 5.74) is 0.688. The van der Waals surface area contributed by atoms with Crippen molar-refractivity contribution < 1.29 is 18.7 Å². The Kier molecular flexibility index (Phi) is 7.72. The lowest BCUT2D eigenvalue weighted by atomic mass is 10.1. The third kappa shape index (κ3) is 6.98. The van der Waals surface area contributed by atoms with E-state index < -0.39 is 24.0 Å². The van der Waals surface area contributed by atoms with Gasteiger partial charge >= 0.3 is 6.09 Å². The van der Waals surface area contributed by atoms with E-state index in [1.54, 1.807) is 45.2 Å². The predicted molar refractivity (Wildman–Crippen MR) is 142 cm³/mol. The molecule has 206 valence electrons. The Morgan fingerprint density at radius 3 is 2.62 bits per heavy atom. The second-order valence-corrected chi connectivity index (χ2v) is 11.3. The van der Waals surface area contributed by atoms with E-state index in [9.17, 15) is 14.4 Å². The number of carbonyl (C=O) groups is 1. The number of nitriles is 1. The smallest absolute Gasteiger partial charge is 0.410 e. The molecule has 11 nitrogen and oxygen atoms in total. The molecule has 3 aromatic rings. The number of anilines is 2. The van der Waals surface area contributed by atoms with Crippen LogP contribution in [0, 0.1) is 11.3 Å². The number of nitrogens with one attached hydrogen (secondary N) is 1. The maximum absolute atomic E-state index is 14.9. The molecule has 0 spiro atoms. The summed E-state index contributed by atoms with van der Waals surface area (Å²) in [6.07, 6.45) is 2.40. The first-order valence-corrected chi connectivity index (χ1v) is 12.7. The molecule has 0 radical (unpaired) electrons. The number of rotatable bonds is 5. The van der Waals surface area contributed by atoms with Crippen LogP contribution in [-0.4, -0.2) is 66.7 Å². The molecule has 1 N–H and O–H groups in total. The highest BCUT2D eigenvalue weighted by molar-refractivity contribution is 5.68. The molecule has 1 amide bonds. The lowest BCUT2D eigenvalue weighted by Crippen LogP contribution is -2.50. The molecule has 2 atom stereocenters. The van der Waals surface area contributed by atoms with Crippen LogP contribution in [0.15, 0.2) is 36.9 Å². The first-order chi connectivity index (χ1) is 18.3. The largest absolute Gasteiger partial charge is 0.486 e. The summed E-state index contributed by atoms with van der Waals surface area (Å²) in [6, 6.07) is 7.00. The molecule has 1 saturated heterocycles. The maximum Gasteiger partial charge on any atom is 0.410 e. The lowest BCUT2D eigenvalue weighted by molar-refractivity contribution is -0.0106. The number of amides is 1. The number of piperidine rings is 1. The van der Waals surface area contributed by atoms with Crippen LogP contribution in [0.1, 0.15) is 53.5 Å². The average molecular weight is 537 g/mol. The fourth-order valence-corrected chi connectivity index (χ4v) is 3.91. The second kappa shape index (κ2) is 10.8. The summed E-state index contributed by atoms with van der Waals surface area (Å²) in [5.74, 6) is 0.929. The van der Waals surface area contributed by atoms with Crippen molar-refractivity contribution in [2.75, 3.05) is 18.4 Å². The van der Waals surface area contributed by atoms with Crippen LogP contribution in [-0.2, 0) is 10.3 Å². The molecule has 12 heteroatoms. The minimum Gasteiger partial charge on any atom is -0.486 e. The summed E-state index contributed by atoms with van der Waals surface area (Å²) in [7, 11) is 0. The standard InChI is InChI=1S/C27H33FN8O3/c1-26(2,3)36-14-19(13-32-36)33-24-31-16-30-23(34-24)17-7-8-21(18(11-17)12-29)38-22-9-10-35(15-20(22)28)25(37)39-27(4,5)6/h7-8,11,13-14,16,20,22H,9-10,15H2,1-6H3,(H,30,31,33,34)/t20-,22-/m0/s1. The fraction of sp³-hybridized carbons (Fsp3) is 0.481. The molecule has 4 rings (SSSR count). The normalized spacial score (nSPS) is 17.8. The van der Waals surface area contributed by atoms with Gasteiger partial charge in [-0.1, -0.05) is 0 Å². The average Bonchev–Trinajstić information content (AvgIpc) is 3.33. The van der Waals surface area contributed by atoms with Gasteiger partial charge in [0.05, 0.1) is 29.5 Å². The molecule has 0 saturated carbocycles. The molecule has 0 unspecified atom stereocenters. The van der Waals surface area contributed by atoms with E-state index in [0.29, 0.717) is 17.3 Å². The lowest BCUT2D eigenvalue weighted by Gasteiger charge is -2.35. The number of aromatic nitrogens is 5. The molecule has 0 bridgehead atoms. The van der Waals surface area contributed by atoms with Gasteiger partial charge in [-0.15, -0.1) is 0 Å². The molecular weight excluding hydrogens is 503 g/mol. The van der Waals surface area contributed by atoms with Crippen LogP contribution in [0.3, 0.4) is 0 Å². The number of carbonyl (C=O) groups excluding carboxylic acids is 1. The zero-order chi connectivity index (χ0) is 28.4. The third-order valence-electron chi connectivity index (χ3n) is 5.87. The van der Waals surface area contributed by atoms with Crippen molar-refractivity contribution in [3.05, 3.63) is 42.5 Å². The molecular formula is C27H33FN8O3. The van der Waals surface area contributed by atoms with E-state index in [2.05, 4.69) is 31.4 Å². The van der Waals surface area contributed by atoms with Gasteiger partial charge in [-0.25, -0.2) is 19.2 Å². The summed E-state index contributed by atoms with van der Waals surface area (Å²) >= 11 is 0. The topological polar surface area (TPSA) is 131 Å². The Bertz CT molecular complexity index is 1370. The van der Waals surface area contributed by atoms with E-state index in [-0.39, 0.29) is 36.4 Å². The number of nitrogens with zero attached hydrogens (tertiary/aromatic N) is 7. The van der Waals surface area contributed by atoms with Gasteiger partial charge in [0.1, 0.15) is 29.9 Å². The minimum absolute atomic E-state index is 0.144. The molecule has 39 heavy (non-hydrogen) atoms. The van der Waals surface area contributed by atoms with Gasteiger partial charge in [-0.05, 0) is 59.7 Å². The highest BCUT2D eigenvalue weighted by Crippen LogP contribution is 2.29. The van der Waals surface area contributed by atoms with Gasteiger partial charge in [-0.3, -0.25) is 4.68 Å². The molecule has 0 aliphatic carbocycles. The fourth-order valence-electron chi connectivity index (χ4n) is 3.91. The van der Waals surface area contributed by atoms with Crippen LogP contribution in [0.5, 0.6) is 5.75 Å². The minimum atomic E-state index is -1.43. The van der Waals surface area contributed by atoms with Gasteiger partial charge in [0, 0.05) is 24.7 Å². The number of alkyl halides is 1. The number of ether oxygens (including phenoxy) is 2. The third-order valence-corrected chi connectivity index (χ3v) is 5.87. The first-order valence-electron chi connectivity index (χ1n) is 12.7. The summed E-state index contributed by atoms with van der Waals surface area (Å²) in [4.78, 5) is 26.5. The van der Waals surface area contributed by atoms with Gasteiger partial charge in [0.25, 0.3) is 0 Å². The van der Waals surface area contributed by atoms with E-state index >= 15 is 0 Å². The first kappa shape index (κ1) is 27.8. The van der Waals surface area contributed by atoms with Crippen molar-refractivity contribution in [3.63, 3.8) is 0 Å². The quantitative estimate of drug-likeness (QED) is 0.487. The van der Waals surface area contributed by atoms with E-state index in [1.165, 1.54) is 11.2 Å². The number of halogens is 1. The zero-order valence-corrected chi connectivity index (χ0v) is 23.0. The van der Waals surface area contributed by atoms with Crippen molar-refractivity contribution in [3.8, 4) is 23.2 Å². The Morgan fingerprint density at radius 2 is 1.97 bits per heavy atom. The van der Waals surface area contributed by atoms with Crippen molar-refractivity contribution in [2.24, 2.45) is 0 Å². The summed E-state index contributed by atoms with van der Waals surface area (Å²) in [6.45, 7) is 11.6. The molecule has 1 aromatic carbocycles.